The Hall–Kier alpha value is -2.61. The highest BCUT2D eigenvalue weighted by molar-refractivity contribution is 7.92. The Balaban J connectivity index is 1.75. The Morgan fingerprint density at radius 3 is 3.00 bits per heavy atom. The summed E-state index contributed by atoms with van der Waals surface area (Å²) in [6, 6.07) is 6.72. The molecule has 1 aliphatic heterocycles. The van der Waals surface area contributed by atoms with Gasteiger partial charge in [-0.2, -0.15) is 5.10 Å². The van der Waals surface area contributed by atoms with E-state index in [1.165, 1.54) is 10.8 Å². The predicted octanol–water partition coefficient (Wildman–Crippen LogP) is 2.16. The van der Waals surface area contributed by atoms with Crippen molar-refractivity contribution in [1.29, 1.82) is 0 Å². The molecule has 3 aromatic rings. The fourth-order valence-electron chi connectivity index (χ4n) is 2.87. The van der Waals surface area contributed by atoms with Crippen molar-refractivity contribution in [3.05, 3.63) is 47.9 Å². The zero-order chi connectivity index (χ0) is 16.9. The van der Waals surface area contributed by atoms with Crippen molar-refractivity contribution in [2.45, 2.75) is 31.3 Å². The molecular formula is C16H16N4O3S. The molecule has 2 aromatic heterocycles. The van der Waals surface area contributed by atoms with Crippen LogP contribution in [-0.4, -0.2) is 29.1 Å². The minimum Gasteiger partial charge on any atom is -0.490 e. The number of anilines is 1. The minimum absolute atomic E-state index is 0.0675. The highest BCUT2D eigenvalue weighted by atomic mass is 32.2. The number of fused-ring (bicyclic) bond motifs is 2. The van der Waals surface area contributed by atoms with Gasteiger partial charge in [0, 0.05) is 12.6 Å². The second kappa shape index (κ2) is 5.20. The maximum Gasteiger partial charge on any atom is 0.262 e. The van der Waals surface area contributed by atoms with Gasteiger partial charge in [-0.15, -0.1) is 0 Å². The Bertz CT molecular complexity index is 1040. The molecule has 1 unspecified atom stereocenters. The summed E-state index contributed by atoms with van der Waals surface area (Å²) < 4.78 is 35.4. The number of rotatable bonds is 3. The highest BCUT2D eigenvalue weighted by Gasteiger charge is 2.24. The summed E-state index contributed by atoms with van der Waals surface area (Å²) in [5, 5.41) is 4.03. The third-order valence-corrected chi connectivity index (χ3v) is 5.42. The molecule has 4 rings (SSSR count). The lowest BCUT2D eigenvalue weighted by molar-refractivity contribution is 0.254. The molecule has 1 atom stereocenters. The molecule has 0 aliphatic carbocycles. The number of ether oxygens (including phenoxy) is 1. The summed E-state index contributed by atoms with van der Waals surface area (Å²) in [4.78, 5) is 4.34. The molecule has 0 amide bonds. The van der Waals surface area contributed by atoms with Crippen LogP contribution in [0.5, 0.6) is 5.75 Å². The van der Waals surface area contributed by atoms with Crippen LogP contribution in [-0.2, 0) is 16.4 Å². The number of aryl methyl sites for hydroxylation is 1. The number of nitrogens with zero attached hydrogens (tertiary/aromatic N) is 3. The van der Waals surface area contributed by atoms with Crippen molar-refractivity contribution in [2.24, 2.45) is 0 Å². The average molecular weight is 344 g/mol. The zero-order valence-corrected chi connectivity index (χ0v) is 14.0. The molecule has 0 bridgehead atoms. The first-order valence-electron chi connectivity index (χ1n) is 7.55. The fraction of sp³-hybridized carbons (Fsp3) is 0.250. The number of aromatic nitrogens is 3. The summed E-state index contributed by atoms with van der Waals surface area (Å²) in [6.45, 7) is 3.78. The molecule has 0 radical (unpaired) electrons. The summed E-state index contributed by atoms with van der Waals surface area (Å²) in [7, 11) is -3.73. The summed E-state index contributed by atoms with van der Waals surface area (Å²) in [5.74, 6) is 0.747. The number of hydrogen-bond acceptors (Lipinski definition) is 5. The van der Waals surface area contributed by atoms with E-state index >= 15 is 0 Å². The first-order chi connectivity index (χ1) is 11.4. The summed E-state index contributed by atoms with van der Waals surface area (Å²) in [5.41, 5.74) is 2.58. The maximum absolute atomic E-state index is 12.8. The Labute approximate surface area is 139 Å². The molecule has 0 saturated heterocycles. The van der Waals surface area contributed by atoms with Crippen LogP contribution < -0.4 is 9.46 Å². The van der Waals surface area contributed by atoms with Gasteiger partial charge in [-0.3, -0.25) is 4.72 Å². The van der Waals surface area contributed by atoms with Crippen LogP contribution in [0.4, 0.5) is 5.69 Å². The van der Waals surface area contributed by atoms with E-state index in [2.05, 4.69) is 14.8 Å². The molecule has 3 heterocycles. The molecule has 124 valence electrons. The second-order valence-electron chi connectivity index (χ2n) is 5.91. The number of nitrogens with one attached hydrogen (secondary N) is 1. The smallest absolute Gasteiger partial charge is 0.262 e. The van der Waals surface area contributed by atoms with Crippen molar-refractivity contribution < 1.29 is 13.2 Å². The number of sulfonamides is 1. The van der Waals surface area contributed by atoms with Crippen molar-refractivity contribution in [1.82, 2.24) is 14.6 Å². The topological polar surface area (TPSA) is 85.6 Å². The van der Waals surface area contributed by atoms with Crippen LogP contribution in [0, 0.1) is 6.92 Å². The molecule has 7 nitrogen and oxygen atoms in total. The van der Waals surface area contributed by atoms with E-state index in [1.54, 1.807) is 30.5 Å². The van der Waals surface area contributed by atoms with E-state index in [1.807, 2.05) is 13.8 Å². The predicted molar refractivity (Wildman–Crippen MR) is 88.8 cm³/mol. The first-order valence-corrected chi connectivity index (χ1v) is 9.04. The van der Waals surface area contributed by atoms with E-state index in [4.69, 9.17) is 4.74 Å². The van der Waals surface area contributed by atoms with Gasteiger partial charge in [-0.1, -0.05) is 0 Å². The Kier molecular flexibility index (Phi) is 3.24. The van der Waals surface area contributed by atoms with Gasteiger partial charge in [-0.05, 0) is 49.2 Å². The normalized spacial score (nSPS) is 16.8. The largest absolute Gasteiger partial charge is 0.490 e. The maximum atomic E-state index is 12.8. The van der Waals surface area contributed by atoms with Gasteiger partial charge in [0.1, 0.15) is 18.2 Å². The van der Waals surface area contributed by atoms with Crippen LogP contribution in [0.2, 0.25) is 0 Å². The monoisotopic (exact) mass is 344 g/mol. The third kappa shape index (κ3) is 2.39. The van der Waals surface area contributed by atoms with Crippen molar-refractivity contribution >= 4 is 21.4 Å². The Morgan fingerprint density at radius 2 is 2.17 bits per heavy atom. The van der Waals surface area contributed by atoms with E-state index < -0.39 is 10.0 Å². The van der Waals surface area contributed by atoms with Gasteiger partial charge in [0.25, 0.3) is 10.0 Å². The zero-order valence-electron chi connectivity index (χ0n) is 13.2. The Morgan fingerprint density at radius 1 is 1.33 bits per heavy atom. The standard InChI is InChI=1S/C16H16N4O3S/c1-10-5-6-20-16(17-9-18-20)15(10)19-24(21,22)13-3-4-14-12(8-13)7-11(2)23-14/h3-6,8-9,11,19H,7H2,1-2H3. The van der Waals surface area contributed by atoms with Crippen LogP contribution >= 0.6 is 0 Å². The summed E-state index contributed by atoms with van der Waals surface area (Å²) >= 11 is 0. The van der Waals surface area contributed by atoms with Crippen molar-refractivity contribution in [2.75, 3.05) is 4.72 Å². The average Bonchev–Trinajstić information content (AvgIpc) is 3.14. The molecule has 0 fully saturated rings. The SMILES string of the molecule is Cc1ccn2ncnc2c1NS(=O)(=O)c1ccc2c(c1)CC(C)O2. The van der Waals surface area contributed by atoms with E-state index in [0.29, 0.717) is 17.8 Å². The van der Waals surface area contributed by atoms with Gasteiger partial charge in [0.05, 0.1) is 10.6 Å². The number of pyridine rings is 1. The molecule has 8 heteroatoms. The lowest BCUT2D eigenvalue weighted by Crippen LogP contribution is -2.15. The van der Waals surface area contributed by atoms with Crippen LogP contribution in [0.1, 0.15) is 18.1 Å². The molecular weight excluding hydrogens is 328 g/mol. The van der Waals surface area contributed by atoms with E-state index in [9.17, 15) is 8.42 Å². The highest BCUT2D eigenvalue weighted by Crippen LogP contribution is 2.31. The van der Waals surface area contributed by atoms with Gasteiger partial charge in [0.2, 0.25) is 0 Å². The molecule has 1 N–H and O–H groups in total. The minimum atomic E-state index is -3.73. The molecule has 1 aliphatic rings. The van der Waals surface area contributed by atoms with Crippen LogP contribution in [0.15, 0.2) is 41.7 Å². The number of benzene rings is 1. The van der Waals surface area contributed by atoms with Crippen LogP contribution in [0.3, 0.4) is 0 Å². The lowest BCUT2D eigenvalue weighted by atomic mass is 10.1. The second-order valence-corrected chi connectivity index (χ2v) is 7.59. The van der Waals surface area contributed by atoms with Crippen LogP contribution in [0.25, 0.3) is 5.65 Å². The lowest BCUT2D eigenvalue weighted by Gasteiger charge is -2.12. The molecule has 0 spiro atoms. The van der Waals surface area contributed by atoms with Crippen molar-refractivity contribution in [3.8, 4) is 5.75 Å². The molecule has 24 heavy (non-hydrogen) atoms. The molecule has 0 saturated carbocycles. The first kappa shape index (κ1) is 14.9. The van der Waals surface area contributed by atoms with Gasteiger partial charge >= 0.3 is 0 Å². The molecule has 1 aromatic carbocycles. The van der Waals surface area contributed by atoms with Gasteiger partial charge in [0.15, 0.2) is 5.65 Å². The van der Waals surface area contributed by atoms with E-state index in [-0.39, 0.29) is 11.0 Å². The fourth-order valence-corrected chi connectivity index (χ4v) is 4.05. The summed E-state index contributed by atoms with van der Waals surface area (Å²) in [6.07, 6.45) is 3.90. The van der Waals surface area contributed by atoms with Gasteiger partial charge < -0.3 is 4.74 Å². The van der Waals surface area contributed by atoms with E-state index in [0.717, 1.165) is 16.9 Å². The van der Waals surface area contributed by atoms with Crippen molar-refractivity contribution in [3.63, 3.8) is 0 Å². The third-order valence-electron chi connectivity index (χ3n) is 4.07. The van der Waals surface area contributed by atoms with Gasteiger partial charge in [-0.25, -0.2) is 17.9 Å². The number of hydrogen-bond donors (Lipinski definition) is 1. The quantitative estimate of drug-likeness (QED) is 0.787.